The summed E-state index contributed by atoms with van der Waals surface area (Å²) in [5.74, 6) is -0.572. The molecule has 0 bridgehead atoms. The minimum atomic E-state index is -0.546. The maximum absolute atomic E-state index is 12.0. The minimum absolute atomic E-state index is 0.224. The molecule has 2 amide bonds. The van der Waals surface area contributed by atoms with Gasteiger partial charge in [-0.2, -0.15) is 0 Å². The number of nitrogens with zero attached hydrogens (tertiary/aromatic N) is 2. The smallest absolute Gasteiger partial charge is 0.269 e. The Morgan fingerprint density at radius 2 is 2.09 bits per heavy atom. The van der Waals surface area contributed by atoms with Crippen LogP contribution in [0.1, 0.15) is 5.69 Å². The van der Waals surface area contributed by atoms with E-state index in [0.717, 1.165) is 5.56 Å². The van der Waals surface area contributed by atoms with Gasteiger partial charge in [0, 0.05) is 28.9 Å². The van der Waals surface area contributed by atoms with E-state index in [0.29, 0.717) is 16.5 Å². The highest BCUT2D eigenvalue weighted by molar-refractivity contribution is 6.30. The Morgan fingerprint density at radius 3 is 2.78 bits per heavy atom. The largest absolute Gasteiger partial charge is 0.356 e. The zero-order chi connectivity index (χ0) is 16.2. The monoisotopic (exact) mass is 329 g/mol. The predicted molar refractivity (Wildman–Crippen MR) is 84.9 cm³/mol. The number of aliphatic imine (C=N–C) groups is 1. The van der Waals surface area contributed by atoms with Crippen LogP contribution in [0.15, 0.2) is 52.0 Å². The normalized spacial score (nSPS) is 16.6. The molecule has 7 heteroatoms. The number of amides is 2. The van der Waals surface area contributed by atoms with Gasteiger partial charge in [-0.25, -0.2) is 4.99 Å². The fourth-order valence-electron chi connectivity index (χ4n) is 2.03. The molecule has 0 radical (unpaired) electrons. The molecule has 1 unspecified atom stereocenters. The van der Waals surface area contributed by atoms with Crippen molar-refractivity contribution in [2.75, 3.05) is 0 Å². The van der Waals surface area contributed by atoms with Crippen LogP contribution in [-0.4, -0.2) is 23.2 Å². The Labute approximate surface area is 136 Å². The third-order valence-corrected chi connectivity index (χ3v) is 3.49. The summed E-state index contributed by atoms with van der Waals surface area (Å²) < 4.78 is 5.25. The Hall–Kier alpha value is -2.73. The SMILES string of the molecule is O=C1C=CC(C(=O)NCc2cc(-c3ccc(Cl)cc3)on2)C=N1. The van der Waals surface area contributed by atoms with Gasteiger partial charge in [-0.15, -0.1) is 0 Å². The van der Waals surface area contributed by atoms with Crippen molar-refractivity contribution in [2.45, 2.75) is 6.54 Å². The van der Waals surface area contributed by atoms with Gasteiger partial charge in [-0.3, -0.25) is 9.59 Å². The summed E-state index contributed by atoms with van der Waals surface area (Å²) in [6.07, 6.45) is 4.10. The van der Waals surface area contributed by atoms with Crippen LogP contribution in [0.25, 0.3) is 11.3 Å². The standard InChI is InChI=1S/C16H12ClN3O3/c17-12-4-1-10(2-5-12)14-7-13(20-23-14)9-19-16(22)11-3-6-15(21)18-8-11/h1-8,11H,9H2,(H,19,22). The number of hydrogen-bond acceptors (Lipinski definition) is 4. The van der Waals surface area contributed by atoms with Crippen molar-refractivity contribution in [2.24, 2.45) is 10.9 Å². The Balaban J connectivity index is 1.60. The number of halogens is 1. The molecule has 1 N–H and O–H groups in total. The molecule has 0 spiro atoms. The molecule has 1 aliphatic rings. The number of rotatable bonds is 4. The summed E-state index contributed by atoms with van der Waals surface area (Å²) in [6, 6.07) is 8.92. The molecule has 0 saturated carbocycles. The van der Waals surface area contributed by atoms with Crippen molar-refractivity contribution >= 4 is 29.6 Å². The minimum Gasteiger partial charge on any atom is -0.356 e. The highest BCUT2D eigenvalue weighted by atomic mass is 35.5. The molecule has 1 aliphatic heterocycles. The number of hydrogen-bond donors (Lipinski definition) is 1. The average Bonchev–Trinajstić information content (AvgIpc) is 3.03. The lowest BCUT2D eigenvalue weighted by molar-refractivity contribution is -0.122. The number of nitrogens with one attached hydrogen (secondary N) is 1. The summed E-state index contributed by atoms with van der Waals surface area (Å²) in [5.41, 5.74) is 1.44. The van der Waals surface area contributed by atoms with Gasteiger partial charge in [-0.05, 0) is 24.3 Å². The van der Waals surface area contributed by atoms with Crippen molar-refractivity contribution in [1.82, 2.24) is 10.5 Å². The lowest BCUT2D eigenvalue weighted by Gasteiger charge is -2.09. The topological polar surface area (TPSA) is 84.6 Å². The van der Waals surface area contributed by atoms with Crippen molar-refractivity contribution in [3.63, 3.8) is 0 Å². The Bertz CT molecular complexity index is 777. The van der Waals surface area contributed by atoms with Gasteiger partial charge in [0.1, 0.15) is 5.69 Å². The molecule has 2 aromatic rings. The lowest BCUT2D eigenvalue weighted by atomic mass is 10.1. The number of dihydropyridines is 1. The molecule has 0 saturated heterocycles. The van der Waals surface area contributed by atoms with E-state index in [2.05, 4.69) is 15.5 Å². The molecule has 1 atom stereocenters. The Morgan fingerprint density at radius 1 is 1.30 bits per heavy atom. The van der Waals surface area contributed by atoms with E-state index in [-0.39, 0.29) is 18.4 Å². The highest BCUT2D eigenvalue weighted by Gasteiger charge is 2.17. The number of carbonyl (C=O) groups excluding carboxylic acids is 2. The van der Waals surface area contributed by atoms with Gasteiger partial charge in [0.25, 0.3) is 5.91 Å². The fraction of sp³-hybridized carbons (Fsp3) is 0.125. The zero-order valence-corrected chi connectivity index (χ0v) is 12.7. The molecule has 116 valence electrons. The molecule has 3 rings (SSSR count). The molecule has 2 heterocycles. The van der Waals surface area contributed by atoms with Gasteiger partial charge in [0.2, 0.25) is 5.91 Å². The van der Waals surface area contributed by atoms with E-state index in [1.54, 1.807) is 18.2 Å². The van der Waals surface area contributed by atoms with Crippen molar-refractivity contribution in [3.8, 4) is 11.3 Å². The van der Waals surface area contributed by atoms with Gasteiger partial charge >= 0.3 is 0 Å². The van der Waals surface area contributed by atoms with E-state index < -0.39 is 5.92 Å². The molecule has 1 aromatic heterocycles. The third kappa shape index (κ3) is 3.73. The van der Waals surface area contributed by atoms with Crippen LogP contribution >= 0.6 is 11.6 Å². The summed E-state index contributed by atoms with van der Waals surface area (Å²) in [5, 5.41) is 7.28. The van der Waals surface area contributed by atoms with E-state index in [1.807, 2.05) is 12.1 Å². The van der Waals surface area contributed by atoms with E-state index in [4.69, 9.17) is 16.1 Å². The molecule has 23 heavy (non-hydrogen) atoms. The number of benzene rings is 1. The molecular weight excluding hydrogens is 318 g/mol. The van der Waals surface area contributed by atoms with Crippen molar-refractivity contribution in [3.05, 3.63) is 53.2 Å². The molecule has 0 fully saturated rings. The second-order valence-electron chi connectivity index (χ2n) is 4.91. The van der Waals surface area contributed by atoms with Gasteiger partial charge < -0.3 is 9.84 Å². The summed E-state index contributed by atoms with van der Waals surface area (Å²) in [7, 11) is 0. The molecule has 1 aromatic carbocycles. The third-order valence-electron chi connectivity index (χ3n) is 3.24. The highest BCUT2D eigenvalue weighted by Crippen LogP contribution is 2.22. The first-order valence-electron chi connectivity index (χ1n) is 6.87. The fourth-order valence-corrected chi connectivity index (χ4v) is 2.15. The summed E-state index contributed by atoms with van der Waals surface area (Å²) in [6.45, 7) is 0.224. The first-order valence-corrected chi connectivity index (χ1v) is 7.25. The summed E-state index contributed by atoms with van der Waals surface area (Å²) >= 11 is 5.84. The molecular formula is C16H12ClN3O3. The van der Waals surface area contributed by atoms with Crippen LogP contribution in [0.2, 0.25) is 5.02 Å². The zero-order valence-electron chi connectivity index (χ0n) is 11.9. The van der Waals surface area contributed by atoms with Crippen LogP contribution in [0.3, 0.4) is 0 Å². The van der Waals surface area contributed by atoms with Gasteiger partial charge in [0.05, 0.1) is 12.5 Å². The first-order chi connectivity index (χ1) is 11.1. The number of carbonyl (C=O) groups is 2. The van der Waals surface area contributed by atoms with Gasteiger partial charge in [-0.1, -0.05) is 22.8 Å². The van der Waals surface area contributed by atoms with E-state index in [9.17, 15) is 9.59 Å². The lowest BCUT2D eigenvalue weighted by Crippen LogP contribution is -2.31. The quantitative estimate of drug-likeness (QED) is 0.933. The first kappa shape index (κ1) is 15.2. The second kappa shape index (κ2) is 6.58. The van der Waals surface area contributed by atoms with Gasteiger partial charge in [0.15, 0.2) is 5.76 Å². The predicted octanol–water partition coefficient (Wildman–Crippen LogP) is 2.39. The van der Waals surface area contributed by atoms with Crippen LogP contribution < -0.4 is 5.32 Å². The molecule has 0 aliphatic carbocycles. The van der Waals surface area contributed by atoms with Crippen LogP contribution in [0, 0.1) is 5.92 Å². The van der Waals surface area contributed by atoms with E-state index >= 15 is 0 Å². The number of aromatic nitrogens is 1. The maximum atomic E-state index is 12.0. The van der Waals surface area contributed by atoms with E-state index in [1.165, 1.54) is 18.4 Å². The Kier molecular flexibility index (Phi) is 4.34. The second-order valence-corrected chi connectivity index (χ2v) is 5.34. The average molecular weight is 330 g/mol. The molecule has 6 nitrogen and oxygen atoms in total. The van der Waals surface area contributed by atoms with Crippen LogP contribution in [0.5, 0.6) is 0 Å². The maximum Gasteiger partial charge on any atom is 0.269 e. The van der Waals surface area contributed by atoms with Crippen molar-refractivity contribution in [1.29, 1.82) is 0 Å². The van der Waals surface area contributed by atoms with Crippen LogP contribution in [-0.2, 0) is 16.1 Å². The van der Waals surface area contributed by atoms with Crippen molar-refractivity contribution < 1.29 is 14.1 Å². The summed E-state index contributed by atoms with van der Waals surface area (Å²) in [4.78, 5) is 26.5. The van der Waals surface area contributed by atoms with Crippen LogP contribution in [0.4, 0.5) is 0 Å².